The number of nitrogens with zero attached hydrogens (tertiary/aromatic N) is 5. The van der Waals surface area contributed by atoms with E-state index in [0.29, 0.717) is 29.4 Å². The number of piperidine rings is 2. The van der Waals surface area contributed by atoms with E-state index >= 15 is 4.39 Å². The molecular formula is C24H26F2N6O2. The fraction of sp³-hybridized carbons (Fsp3) is 0.417. The number of halogens is 2. The Kier molecular flexibility index (Phi) is 5.99. The lowest BCUT2D eigenvalue weighted by atomic mass is 9.82. The predicted octanol–water partition coefficient (Wildman–Crippen LogP) is 3.51. The number of aromatic nitrogens is 4. The Labute approximate surface area is 196 Å². The van der Waals surface area contributed by atoms with Crippen LogP contribution in [0.25, 0.3) is 22.5 Å². The summed E-state index contributed by atoms with van der Waals surface area (Å²) >= 11 is 0. The Morgan fingerprint density at radius 3 is 2.71 bits per heavy atom. The molecule has 3 aromatic rings. The molecule has 0 amide bonds. The Morgan fingerprint density at radius 1 is 1.12 bits per heavy atom. The first kappa shape index (κ1) is 22.4. The van der Waals surface area contributed by atoms with Crippen molar-refractivity contribution in [2.24, 2.45) is 0 Å². The summed E-state index contributed by atoms with van der Waals surface area (Å²) in [4.78, 5) is 9.99. The molecule has 2 saturated heterocycles. The second-order valence-electron chi connectivity index (χ2n) is 8.84. The third-order valence-corrected chi connectivity index (χ3v) is 6.79. The fourth-order valence-corrected chi connectivity index (χ4v) is 4.92. The van der Waals surface area contributed by atoms with Gasteiger partial charge in [-0.05, 0) is 37.0 Å². The monoisotopic (exact) mass is 468 g/mol. The second-order valence-corrected chi connectivity index (χ2v) is 8.84. The number of ether oxygens (including phenoxy) is 1. The first-order valence-electron chi connectivity index (χ1n) is 11.3. The first-order chi connectivity index (χ1) is 16.4. The van der Waals surface area contributed by atoms with E-state index in [0.717, 1.165) is 25.5 Å². The highest BCUT2D eigenvalue weighted by atomic mass is 19.1. The van der Waals surface area contributed by atoms with E-state index in [1.54, 1.807) is 12.1 Å². The van der Waals surface area contributed by atoms with Gasteiger partial charge >= 0.3 is 0 Å². The number of benzene rings is 1. The molecule has 5 rings (SSSR count). The first-order valence-corrected chi connectivity index (χ1v) is 11.3. The molecule has 0 unspecified atom stereocenters. The number of phenolic OH excluding ortho intramolecular Hbond substituents is 1. The molecule has 0 saturated carbocycles. The Morgan fingerprint density at radius 2 is 1.97 bits per heavy atom. The second kappa shape index (κ2) is 9.09. The van der Waals surface area contributed by atoms with Crippen LogP contribution in [-0.2, 0) is 0 Å². The van der Waals surface area contributed by atoms with Crippen molar-refractivity contribution in [1.82, 2.24) is 25.5 Å². The summed E-state index contributed by atoms with van der Waals surface area (Å²) in [7, 11) is 3.26. The van der Waals surface area contributed by atoms with Crippen LogP contribution >= 0.6 is 0 Å². The summed E-state index contributed by atoms with van der Waals surface area (Å²) < 4.78 is 34.4. The van der Waals surface area contributed by atoms with E-state index < -0.39 is 12.0 Å². The number of fused-ring (bicyclic) bond motifs is 2. The number of anilines is 1. The molecule has 2 N–H and O–H groups in total. The molecule has 4 heterocycles. The van der Waals surface area contributed by atoms with Gasteiger partial charge in [-0.3, -0.25) is 0 Å². The van der Waals surface area contributed by atoms with Crippen molar-refractivity contribution < 1.29 is 18.6 Å². The number of nitrogens with one attached hydrogen (secondary N) is 1. The smallest absolute Gasteiger partial charge is 0.213 e. The minimum Gasteiger partial charge on any atom is -0.507 e. The van der Waals surface area contributed by atoms with Crippen LogP contribution in [0.2, 0.25) is 0 Å². The quantitative estimate of drug-likeness (QED) is 0.587. The van der Waals surface area contributed by atoms with Crippen LogP contribution < -0.4 is 15.0 Å². The topological polar surface area (TPSA) is 96.3 Å². The van der Waals surface area contributed by atoms with Crippen molar-refractivity contribution in [3.05, 3.63) is 42.5 Å². The molecule has 2 aromatic heterocycles. The molecule has 34 heavy (non-hydrogen) atoms. The van der Waals surface area contributed by atoms with Crippen molar-refractivity contribution >= 4 is 5.82 Å². The molecular weight excluding hydrogens is 442 g/mol. The Balaban J connectivity index is 1.36. The third-order valence-electron chi connectivity index (χ3n) is 6.79. The van der Waals surface area contributed by atoms with Gasteiger partial charge < -0.3 is 20.1 Å². The maximum Gasteiger partial charge on any atom is 0.213 e. The lowest BCUT2D eigenvalue weighted by molar-refractivity contribution is 0.107. The molecule has 2 fully saturated rings. The van der Waals surface area contributed by atoms with Gasteiger partial charge in [-0.25, -0.2) is 18.7 Å². The molecule has 2 aliphatic heterocycles. The Hall–Kier alpha value is -3.40. The number of methoxy groups -OCH3 is 1. The van der Waals surface area contributed by atoms with E-state index in [9.17, 15) is 9.50 Å². The van der Waals surface area contributed by atoms with Crippen LogP contribution in [0.4, 0.5) is 14.6 Å². The standard InChI is InChI=1S/C24H26F2N6O2/c1-32(19-9-14-4-3-5-18(29-14)23(19)26)21-12-28-24(31-30-21)15-7-6-13(8-20(15)33)16-10-22(34-2)27-11-17(16)25/h6-8,10-12,14,18-19,23,29,33H,3-5,9H2,1-2H3/t14-,18+,19-,23+/m0/s1. The average molecular weight is 469 g/mol. The molecule has 2 aliphatic rings. The molecule has 0 aliphatic carbocycles. The molecule has 8 nitrogen and oxygen atoms in total. The summed E-state index contributed by atoms with van der Waals surface area (Å²) in [5, 5.41) is 22.4. The van der Waals surface area contributed by atoms with E-state index in [4.69, 9.17) is 4.74 Å². The Bertz CT molecular complexity index is 1180. The average Bonchev–Trinajstić information content (AvgIpc) is 2.86. The predicted molar refractivity (Wildman–Crippen MR) is 123 cm³/mol. The minimum atomic E-state index is -0.994. The summed E-state index contributed by atoms with van der Waals surface area (Å²) in [6, 6.07) is 6.04. The molecule has 4 atom stereocenters. The van der Waals surface area contributed by atoms with E-state index in [2.05, 4.69) is 25.5 Å². The minimum absolute atomic E-state index is 0.120. The van der Waals surface area contributed by atoms with Crippen LogP contribution in [0.1, 0.15) is 25.7 Å². The molecule has 0 radical (unpaired) electrons. The van der Waals surface area contributed by atoms with Crippen molar-refractivity contribution in [1.29, 1.82) is 0 Å². The van der Waals surface area contributed by atoms with Crippen molar-refractivity contribution in [3.8, 4) is 34.1 Å². The zero-order valence-electron chi connectivity index (χ0n) is 18.9. The van der Waals surface area contributed by atoms with Gasteiger partial charge in [-0.15, -0.1) is 10.2 Å². The number of alkyl halides is 1. The molecule has 2 bridgehead atoms. The lowest BCUT2D eigenvalue weighted by Gasteiger charge is -2.45. The van der Waals surface area contributed by atoms with Gasteiger partial charge in [0.2, 0.25) is 5.88 Å². The summed E-state index contributed by atoms with van der Waals surface area (Å²) in [6.07, 6.45) is 5.27. The van der Waals surface area contributed by atoms with Gasteiger partial charge in [0.1, 0.15) is 17.7 Å². The largest absolute Gasteiger partial charge is 0.507 e. The van der Waals surface area contributed by atoms with Crippen LogP contribution in [0, 0.1) is 5.82 Å². The maximum atomic E-state index is 15.1. The summed E-state index contributed by atoms with van der Waals surface area (Å²) in [5.41, 5.74) is 1.05. The zero-order valence-corrected chi connectivity index (χ0v) is 18.9. The molecule has 178 valence electrons. The van der Waals surface area contributed by atoms with Gasteiger partial charge in [0.25, 0.3) is 0 Å². The van der Waals surface area contributed by atoms with Gasteiger partial charge in [-0.2, -0.15) is 0 Å². The van der Waals surface area contributed by atoms with Crippen LogP contribution in [0.3, 0.4) is 0 Å². The highest BCUT2D eigenvalue weighted by molar-refractivity contribution is 5.73. The zero-order chi connectivity index (χ0) is 23.8. The van der Waals surface area contributed by atoms with E-state index in [-0.39, 0.29) is 35.1 Å². The van der Waals surface area contributed by atoms with Gasteiger partial charge in [0.05, 0.1) is 31.1 Å². The normalized spacial score (nSPS) is 24.0. The SMILES string of the molecule is COc1cc(-c2ccc(-c3ncc(N(C)[C@H]4C[C@@H]5CCC[C@@H](N5)[C@H]4F)nn3)c(O)c2)c(F)cn1. The highest BCUT2D eigenvalue weighted by Gasteiger charge is 2.42. The third kappa shape index (κ3) is 4.13. The van der Waals surface area contributed by atoms with Gasteiger partial charge in [-0.1, -0.05) is 12.5 Å². The van der Waals surface area contributed by atoms with Crippen LogP contribution in [0.5, 0.6) is 11.6 Å². The number of rotatable bonds is 5. The van der Waals surface area contributed by atoms with Crippen molar-refractivity contribution in [2.75, 3.05) is 19.1 Å². The number of hydrogen-bond acceptors (Lipinski definition) is 8. The fourth-order valence-electron chi connectivity index (χ4n) is 4.92. The van der Waals surface area contributed by atoms with E-state index in [1.807, 2.05) is 11.9 Å². The van der Waals surface area contributed by atoms with Crippen LogP contribution in [0.15, 0.2) is 36.7 Å². The van der Waals surface area contributed by atoms with Crippen LogP contribution in [-0.4, -0.2) is 63.7 Å². The maximum absolute atomic E-state index is 15.1. The van der Waals surface area contributed by atoms with E-state index in [1.165, 1.54) is 25.4 Å². The number of hydrogen-bond donors (Lipinski definition) is 2. The molecule has 0 spiro atoms. The summed E-state index contributed by atoms with van der Waals surface area (Å²) in [6.45, 7) is 0. The summed E-state index contributed by atoms with van der Waals surface area (Å²) in [5.74, 6) is 0.295. The van der Waals surface area contributed by atoms with Gasteiger partial charge in [0.15, 0.2) is 11.6 Å². The highest BCUT2D eigenvalue weighted by Crippen LogP contribution is 2.35. The lowest BCUT2D eigenvalue weighted by Crippen LogP contribution is -2.61. The van der Waals surface area contributed by atoms with Crippen molar-refractivity contribution in [2.45, 2.75) is 50.0 Å². The van der Waals surface area contributed by atoms with Crippen molar-refractivity contribution in [3.63, 3.8) is 0 Å². The number of aromatic hydroxyl groups is 1. The molecule has 1 aromatic carbocycles. The number of pyridine rings is 1. The number of phenols is 1. The van der Waals surface area contributed by atoms with Gasteiger partial charge in [0, 0.05) is 30.8 Å². The molecule has 10 heteroatoms.